The van der Waals surface area contributed by atoms with Gasteiger partial charge in [-0.05, 0) is 49.7 Å². The van der Waals surface area contributed by atoms with Crippen LogP contribution in [0.2, 0.25) is 0 Å². The summed E-state index contributed by atoms with van der Waals surface area (Å²) in [6.07, 6.45) is 4.83. The zero-order chi connectivity index (χ0) is 18.1. The first kappa shape index (κ1) is 19.3. The molecule has 0 amide bonds. The monoisotopic (exact) mass is 360 g/mol. The van der Waals surface area contributed by atoms with Gasteiger partial charge in [-0.15, -0.1) is 0 Å². The number of unbranched alkanes of at least 4 members (excludes halogenated alkanes) is 3. The lowest BCUT2D eigenvalue weighted by Crippen LogP contribution is -2.30. The maximum atomic E-state index is 12.9. The molecule has 4 nitrogen and oxygen atoms in total. The fourth-order valence-corrected chi connectivity index (χ4v) is 4.22. The van der Waals surface area contributed by atoms with Crippen LogP contribution in [0.25, 0.3) is 0 Å². The average Bonchev–Trinajstić information content (AvgIpc) is 2.63. The van der Waals surface area contributed by atoms with Gasteiger partial charge in [-0.25, -0.2) is 8.42 Å². The Morgan fingerprint density at radius 3 is 2.16 bits per heavy atom. The lowest BCUT2D eigenvalue weighted by Gasteiger charge is -2.23. The van der Waals surface area contributed by atoms with Crippen molar-refractivity contribution in [3.63, 3.8) is 0 Å². The highest BCUT2D eigenvalue weighted by molar-refractivity contribution is 7.92. The van der Waals surface area contributed by atoms with Crippen molar-refractivity contribution in [1.29, 1.82) is 0 Å². The van der Waals surface area contributed by atoms with E-state index >= 15 is 0 Å². The SMILES string of the molecule is CCCCCCNc1ccc(S(=O)(=O)N(CC)c2ccccc2)cc1. The summed E-state index contributed by atoms with van der Waals surface area (Å²) >= 11 is 0. The first-order chi connectivity index (χ1) is 12.1. The molecule has 0 aliphatic rings. The lowest BCUT2D eigenvalue weighted by molar-refractivity contribution is 0.592. The van der Waals surface area contributed by atoms with Gasteiger partial charge < -0.3 is 5.32 Å². The molecule has 0 heterocycles. The van der Waals surface area contributed by atoms with E-state index in [4.69, 9.17) is 0 Å². The third-order valence-corrected chi connectivity index (χ3v) is 6.05. The van der Waals surface area contributed by atoms with Crippen LogP contribution in [-0.4, -0.2) is 21.5 Å². The molecule has 1 N–H and O–H groups in total. The highest BCUT2D eigenvalue weighted by Gasteiger charge is 2.23. The van der Waals surface area contributed by atoms with Gasteiger partial charge in [-0.3, -0.25) is 4.31 Å². The highest BCUT2D eigenvalue weighted by Crippen LogP contribution is 2.24. The van der Waals surface area contributed by atoms with Crippen LogP contribution in [0.15, 0.2) is 59.5 Å². The molecule has 0 aliphatic carbocycles. The topological polar surface area (TPSA) is 49.4 Å². The second-order valence-electron chi connectivity index (χ2n) is 6.02. The largest absolute Gasteiger partial charge is 0.385 e. The number of nitrogens with zero attached hydrogens (tertiary/aromatic N) is 1. The standard InChI is InChI=1S/C20H28N2O2S/c1-3-5-6-10-17-21-18-13-15-20(16-14-18)25(23,24)22(4-2)19-11-8-7-9-12-19/h7-9,11-16,21H,3-6,10,17H2,1-2H3. The normalized spacial score (nSPS) is 11.3. The highest BCUT2D eigenvalue weighted by atomic mass is 32.2. The summed E-state index contributed by atoms with van der Waals surface area (Å²) in [5.41, 5.74) is 1.64. The Hall–Kier alpha value is -2.01. The van der Waals surface area contributed by atoms with Crippen LogP contribution in [0.3, 0.4) is 0 Å². The zero-order valence-electron chi connectivity index (χ0n) is 15.1. The average molecular weight is 361 g/mol. The van der Waals surface area contributed by atoms with Crippen LogP contribution in [0.1, 0.15) is 39.5 Å². The Balaban J connectivity index is 2.06. The molecule has 2 aromatic carbocycles. The number of nitrogens with one attached hydrogen (secondary N) is 1. The molecule has 0 atom stereocenters. The van der Waals surface area contributed by atoms with E-state index in [1.54, 1.807) is 12.1 Å². The number of rotatable bonds is 10. The van der Waals surface area contributed by atoms with Crippen LogP contribution >= 0.6 is 0 Å². The molecule has 2 rings (SSSR count). The van der Waals surface area contributed by atoms with Gasteiger partial charge in [0.2, 0.25) is 0 Å². The summed E-state index contributed by atoms with van der Waals surface area (Å²) in [5, 5.41) is 3.35. The second-order valence-corrected chi connectivity index (χ2v) is 7.88. The van der Waals surface area contributed by atoms with Gasteiger partial charge in [0, 0.05) is 18.8 Å². The van der Waals surface area contributed by atoms with Crippen molar-refractivity contribution in [2.24, 2.45) is 0 Å². The fraction of sp³-hybridized carbons (Fsp3) is 0.400. The summed E-state index contributed by atoms with van der Waals surface area (Å²) in [6, 6.07) is 16.2. The van der Waals surface area contributed by atoms with Crippen LogP contribution in [0, 0.1) is 0 Å². The Kier molecular flexibility index (Phi) is 7.31. The molecular formula is C20H28N2O2S. The minimum Gasteiger partial charge on any atom is -0.385 e. The van der Waals surface area contributed by atoms with E-state index in [1.165, 1.54) is 23.6 Å². The fourth-order valence-electron chi connectivity index (χ4n) is 2.74. The number of hydrogen-bond acceptors (Lipinski definition) is 3. The molecule has 0 unspecified atom stereocenters. The van der Waals surface area contributed by atoms with Crippen molar-refractivity contribution in [2.45, 2.75) is 44.4 Å². The molecule has 25 heavy (non-hydrogen) atoms. The Labute approximate surface area is 151 Å². The maximum Gasteiger partial charge on any atom is 0.264 e. The lowest BCUT2D eigenvalue weighted by atomic mass is 10.2. The molecule has 2 aromatic rings. The van der Waals surface area contributed by atoms with Gasteiger partial charge in [0.15, 0.2) is 0 Å². The number of benzene rings is 2. The van der Waals surface area contributed by atoms with Gasteiger partial charge in [0.25, 0.3) is 10.0 Å². The van der Waals surface area contributed by atoms with Crippen molar-refractivity contribution >= 4 is 21.4 Å². The number of sulfonamides is 1. The molecule has 0 aromatic heterocycles. The van der Waals surface area contributed by atoms with Gasteiger partial charge in [-0.1, -0.05) is 44.4 Å². The predicted molar refractivity (Wildman–Crippen MR) is 106 cm³/mol. The van der Waals surface area contributed by atoms with E-state index in [-0.39, 0.29) is 0 Å². The number of hydrogen-bond donors (Lipinski definition) is 1. The molecule has 136 valence electrons. The molecule has 0 saturated carbocycles. The van der Waals surface area contributed by atoms with E-state index < -0.39 is 10.0 Å². The van der Waals surface area contributed by atoms with E-state index in [0.29, 0.717) is 17.1 Å². The van der Waals surface area contributed by atoms with Gasteiger partial charge >= 0.3 is 0 Å². The minimum absolute atomic E-state index is 0.315. The molecule has 0 fully saturated rings. The zero-order valence-corrected chi connectivity index (χ0v) is 15.9. The first-order valence-corrected chi connectivity index (χ1v) is 10.4. The number of para-hydroxylation sites is 1. The van der Waals surface area contributed by atoms with Crippen molar-refractivity contribution < 1.29 is 8.42 Å². The van der Waals surface area contributed by atoms with Crippen molar-refractivity contribution in [2.75, 3.05) is 22.7 Å². The Morgan fingerprint density at radius 2 is 1.56 bits per heavy atom. The minimum atomic E-state index is -3.55. The van der Waals surface area contributed by atoms with Gasteiger partial charge in [0.1, 0.15) is 0 Å². The number of anilines is 2. The third-order valence-electron chi connectivity index (χ3n) is 4.13. The van der Waals surface area contributed by atoms with Crippen molar-refractivity contribution in [3.05, 3.63) is 54.6 Å². The maximum absolute atomic E-state index is 12.9. The smallest absolute Gasteiger partial charge is 0.264 e. The van der Waals surface area contributed by atoms with Gasteiger partial charge in [0.05, 0.1) is 10.6 Å². The molecule has 0 aliphatic heterocycles. The van der Waals surface area contributed by atoms with Crippen LogP contribution in [0.4, 0.5) is 11.4 Å². The third kappa shape index (κ3) is 5.23. The van der Waals surface area contributed by atoms with Gasteiger partial charge in [-0.2, -0.15) is 0 Å². The van der Waals surface area contributed by atoms with E-state index in [0.717, 1.165) is 18.7 Å². The van der Waals surface area contributed by atoms with E-state index in [2.05, 4.69) is 12.2 Å². The molecule has 0 spiro atoms. The summed E-state index contributed by atoms with van der Waals surface area (Å²) < 4.78 is 27.3. The molecular weight excluding hydrogens is 332 g/mol. The van der Waals surface area contributed by atoms with E-state index in [9.17, 15) is 8.42 Å². The molecule has 5 heteroatoms. The van der Waals surface area contributed by atoms with E-state index in [1.807, 2.05) is 49.4 Å². The molecule has 0 radical (unpaired) electrons. The van der Waals surface area contributed by atoms with Crippen LogP contribution < -0.4 is 9.62 Å². The van der Waals surface area contributed by atoms with Crippen molar-refractivity contribution in [3.8, 4) is 0 Å². The van der Waals surface area contributed by atoms with Crippen LogP contribution in [-0.2, 0) is 10.0 Å². The molecule has 0 bridgehead atoms. The summed E-state index contributed by atoms with van der Waals surface area (Å²) in [4.78, 5) is 0.315. The Bertz CT molecular complexity index is 728. The van der Waals surface area contributed by atoms with Crippen molar-refractivity contribution in [1.82, 2.24) is 0 Å². The summed E-state index contributed by atoms with van der Waals surface area (Å²) in [7, 11) is -3.55. The predicted octanol–water partition coefficient (Wildman–Crippen LogP) is 4.89. The Morgan fingerprint density at radius 1 is 0.880 bits per heavy atom. The quantitative estimate of drug-likeness (QED) is 0.614. The first-order valence-electron chi connectivity index (χ1n) is 9.01. The molecule has 0 saturated heterocycles. The second kappa shape index (κ2) is 9.47. The summed E-state index contributed by atoms with van der Waals surface area (Å²) in [5.74, 6) is 0. The summed E-state index contributed by atoms with van der Waals surface area (Å²) in [6.45, 7) is 5.35. The van der Waals surface area contributed by atoms with Crippen LogP contribution in [0.5, 0.6) is 0 Å².